The van der Waals surface area contributed by atoms with Gasteiger partial charge in [0.2, 0.25) is 0 Å². The second-order valence-electron chi connectivity index (χ2n) is 5.93. The molecule has 0 aliphatic carbocycles. The second-order valence-corrected chi connectivity index (χ2v) is 5.93. The Morgan fingerprint density at radius 3 is 2.57 bits per heavy atom. The molecule has 1 heterocycles. The van der Waals surface area contributed by atoms with Crippen molar-refractivity contribution in [3.63, 3.8) is 0 Å². The number of H-pyrrole nitrogens is 1. The van der Waals surface area contributed by atoms with Gasteiger partial charge in [0.25, 0.3) is 5.56 Å². The number of nitrogens with one attached hydrogen (secondary N) is 1. The molecule has 0 aliphatic rings. The van der Waals surface area contributed by atoms with Crippen LogP contribution in [0.2, 0.25) is 0 Å². The SMILES string of the molecule is Cc1cc(C)c(OC(C)CN)c(Cn2cc(C)c(=O)[nH]c2=O)c1. The van der Waals surface area contributed by atoms with Gasteiger partial charge in [-0.1, -0.05) is 17.7 Å². The van der Waals surface area contributed by atoms with Gasteiger partial charge in [0.1, 0.15) is 11.9 Å². The summed E-state index contributed by atoms with van der Waals surface area (Å²) in [6, 6.07) is 4.02. The van der Waals surface area contributed by atoms with Gasteiger partial charge in [0.05, 0.1) is 6.54 Å². The maximum atomic E-state index is 12.0. The average Bonchev–Trinajstić information content (AvgIpc) is 2.47. The van der Waals surface area contributed by atoms with Crippen molar-refractivity contribution in [1.82, 2.24) is 9.55 Å². The highest BCUT2D eigenvalue weighted by atomic mass is 16.5. The van der Waals surface area contributed by atoms with E-state index in [4.69, 9.17) is 10.5 Å². The Morgan fingerprint density at radius 1 is 1.22 bits per heavy atom. The topological polar surface area (TPSA) is 90.1 Å². The van der Waals surface area contributed by atoms with Gasteiger partial charge in [0.15, 0.2) is 0 Å². The highest BCUT2D eigenvalue weighted by molar-refractivity contribution is 5.44. The van der Waals surface area contributed by atoms with E-state index in [9.17, 15) is 9.59 Å². The summed E-state index contributed by atoms with van der Waals surface area (Å²) in [5.41, 5.74) is 8.30. The molecule has 0 amide bonds. The molecule has 3 N–H and O–H groups in total. The van der Waals surface area contributed by atoms with Crippen molar-refractivity contribution in [3.05, 3.63) is 61.4 Å². The van der Waals surface area contributed by atoms with Gasteiger partial charge >= 0.3 is 5.69 Å². The molecular weight excluding hydrogens is 294 g/mol. The predicted molar refractivity (Wildman–Crippen MR) is 90.2 cm³/mol. The number of hydrogen-bond donors (Lipinski definition) is 2. The lowest BCUT2D eigenvalue weighted by molar-refractivity contribution is 0.225. The summed E-state index contributed by atoms with van der Waals surface area (Å²) >= 11 is 0. The van der Waals surface area contributed by atoms with Crippen molar-refractivity contribution in [2.45, 2.75) is 40.3 Å². The van der Waals surface area contributed by atoms with E-state index < -0.39 is 5.69 Å². The summed E-state index contributed by atoms with van der Waals surface area (Å²) < 4.78 is 7.41. The number of ether oxygens (including phenoxy) is 1. The first-order chi connectivity index (χ1) is 10.8. The van der Waals surface area contributed by atoms with E-state index in [0.717, 1.165) is 22.4 Å². The minimum Gasteiger partial charge on any atom is -0.489 e. The number of aromatic nitrogens is 2. The minimum atomic E-state index is -0.433. The fourth-order valence-electron chi connectivity index (χ4n) is 2.50. The van der Waals surface area contributed by atoms with Crippen molar-refractivity contribution >= 4 is 0 Å². The summed E-state index contributed by atoms with van der Waals surface area (Å²) in [5, 5.41) is 0. The molecule has 0 fully saturated rings. The predicted octanol–water partition coefficient (Wildman–Crippen LogP) is 1.24. The third kappa shape index (κ3) is 3.90. The van der Waals surface area contributed by atoms with E-state index in [-0.39, 0.29) is 11.7 Å². The first kappa shape index (κ1) is 17.0. The molecule has 1 atom stereocenters. The lowest BCUT2D eigenvalue weighted by atomic mass is 10.1. The fourth-order valence-corrected chi connectivity index (χ4v) is 2.50. The van der Waals surface area contributed by atoms with Crippen LogP contribution in [0, 0.1) is 20.8 Å². The first-order valence-corrected chi connectivity index (χ1v) is 7.59. The second kappa shape index (κ2) is 6.83. The molecule has 0 radical (unpaired) electrons. The Balaban J connectivity index is 2.48. The molecule has 0 aliphatic heterocycles. The first-order valence-electron chi connectivity index (χ1n) is 7.59. The van der Waals surface area contributed by atoms with Crippen LogP contribution < -0.4 is 21.7 Å². The molecule has 0 bridgehead atoms. The number of aromatic amines is 1. The van der Waals surface area contributed by atoms with Crippen molar-refractivity contribution < 1.29 is 4.74 Å². The Morgan fingerprint density at radius 2 is 1.91 bits per heavy atom. The molecule has 1 aromatic heterocycles. The summed E-state index contributed by atoms with van der Waals surface area (Å²) in [5.74, 6) is 0.740. The highest BCUT2D eigenvalue weighted by Gasteiger charge is 2.13. The maximum Gasteiger partial charge on any atom is 0.328 e. The van der Waals surface area contributed by atoms with Gasteiger partial charge in [-0.2, -0.15) is 0 Å². The van der Waals surface area contributed by atoms with Gasteiger partial charge in [-0.15, -0.1) is 0 Å². The molecule has 23 heavy (non-hydrogen) atoms. The molecule has 1 unspecified atom stereocenters. The molecule has 0 spiro atoms. The third-order valence-corrected chi connectivity index (χ3v) is 3.68. The van der Waals surface area contributed by atoms with E-state index in [1.807, 2.05) is 32.9 Å². The monoisotopic (exact) mass is 317 g/mol. The summed E-state index contributed by atoms with van der Waals surface area (Å²) in [7, 11) is 0. The lowest BCUT2D eigenvalue weighted by Gasteiger charge is -2.19. The molecular formula is C17H23N3O3. The van der Waals surface area contributed by atoms with Crippen LogP contribution in [0.25, 0.3) is 0 Å². The van der Waals surface area contributed by atoms with Gasteiger partial charge in [-0.05, 0) is 33.3 Å². The van der Waals surface area contributed by atoms with Crippen LogP contribution in [0.3, 0.4) is 0 Å². The minimum absolute atomic E-state index is 0.121. The average molecular weight is 317 g/mol. The zero-order chi connectivity index (χ0) is 17.1. The standard InChI is InChI=1S/C17H23N3O3/c1-10-5-11(2)15(23-13(4)7-18)14(6-10)9-20-8-12(3)16(21)19-17(20)22/h5-6,8,13H,7,9,18H2,1-4H3,(H,19,21,22). The smallest absolute Gasteiger partial charge is 0.328 e. The van der Waals surface area contributed by atoms with Gasteiger partial charge < -0.3 is 10.5 Å². The van der Waals surface area contributed by atoms with Crippen molar-refractivity contribution in [2.24, 2.45) is 5.73 Å². The molecule has 6 nitrogen and oxygen atoms in total. The van der Waals surface area contributed by atoms with Gasteiger partial charge in [-0.25, -0.2) is 4.79 Å². The number of nitrogens with two attached hydrogens (primary N) is 1. The molecule has 2 rings (SSSR count). The number of benzene rings is 1. The number of nitrogens with zero attached hydrogens (tertiary/aromatic N) is 1. The van der Waals surface area contributed by atoms with Crippen molar-refractivity contribution in [2.75, 3.05) is 6.54 Å². The van der Waals surface area contributed by atoms with E-state index in [2.05, 4.69) is 4.98 Å². The third-order valence-electron chi connectivity index (χ3n) is 3.68. The van der Waals surface area contributed by atoms with Crippen LogP contribution in [-0.2, 0) is 6.54 Å². The van der Waals surface area contributed by atoms with Gasteiger partial charge in [0, 0.05) is 23.9 Å². The Labute approximate surface area is 134 Å². The molecule has 0 saturated heterocycles. The zero-order valence-electron chi connectivity index (χ0n) is 14.0. The molecule has 2 aromatic rings. The fraction of sp³-hybridized carbons (Fsp3) is 0.412. The van der Waals surface area contributed by atoms with Crippen LogP contribution >= 0.6 is 0 Å². The maximum absolute atomic E-state index is 12.0. The summed E-state index contributed by atoms with van der Waals surface area (Å²) in [4.78, 5) is 25.8. The van der Waals surface area contributed by atoms with Gasteiger partial charge in [-0.3, -0.25) is 14.3 Å². The van der Waals surface area contributed by atoms with Crippen LogP contribution in [0.15, 0.2) is 27.9 Å². The quantitative estimate of drug-likeness (QED) is 0.868. The Bertz CT molecular complexity index is 821. The Kier molecular flexibility index (Phi) is 5.05. The van der Waals surface area contributed by atoms with E-state index in [0.29, 0.717) is 18.7 Å². The normalized spacial score (nSPS) is 12.2. The largest absolute Gasteiger partial charge is 0.489 e. The van der Waals surface area contributed by atoms with E-state index in [1.165, 1.54) is 4.57 Å². The zero-order valence-corrected chi connectivity index (χ0v) is 14.0. The summed E-state index contributed by atoms with van der Waals surface area (Å²) in [6.45, 7) is 8.27. The van der Waals surface area contributed by atoms with Crippen LogP contribution in [0.1, 0.15) is 29.2 Å². The van der Waals surface area contributed by atoms with Crippen molar-refractivity contribution in [1.29, 1.82) is 0 Å². The molecule has 6 heteroatoms. The molecule has 124 valence electrons. The van der Waals surface area contributed by atoms with Crippen molar-refractivity contribution in [3.8, 4) is 5.75 Å². The number of aryl methyl sites for hydroxylation is 3. The number of rotatable bonds is 5. The highest BCUT2D eigenvalue weighted by Crippen LogP contribution is 2.27. The van der Waals surface area contributed by atoms with Crippen LogP contribution in [0.5, 0.6) is 5.75 Å². The number of hydrogen-bond acceptors (Lipinski definition) is 4. The van der Waals surface area contributed by atoms with Crippen LogP contribution in [0.4, 0.5) is 0 Å². The van der Waals surface area contributed by atoms with E-state index in [1.54, 1.807) is 13.1 Å². The van der Waals surface area contributed by atoms with Crippen LogP contribution in [-0.4, -0.2) is 22.2 Å². The van der Waals surface area contributed by atoms with E-state index >= 15 is 0 Å². The Hall–Kier alpha value is -2.34. The molecule has 1 aromatic carbocycles. The lowest BCUT2D eigenvalue weighted by Crippen LogP contribution is -2.31. The summed E-state index contributed by atoms with van der Waals surface area (Å²) in [6.07, 6.45) is 1.44. The molecule has 0 saturated carbocycles.